The molecule has 7 heteroatoms. The fourth-order valence-electron chi connectivity index (χ4n) is 2.06. The normalized spacial score (nSPS) is 10.9. The number of anilines is 1. The van der Waals surface area contributed by atoms with Crippen molar-refractivity contribution < 1.29 is 0 Å². The molecule has 2 heterocycles. The molecule has 0 aliphatic carbocycles. The lowest BCUT2D eigenvalue weighted by atomic mass is 10.1. The molecule has 0 radical (unpaired) electrons. The van der Waals surface area contributed by atoms with Gasteiger partial charge < -0.3 is 4.90 Å². The lowest BCUT2D eigenvalue weighted by Crippen LogP contribution is -2.20. The summed E-state index contributed by atoms with van der Waals surface area (Å²) in [5.74, 6) is 0. The molecule has 3 rings (SSSR count). The number of aromatic nitrogens is 6. The average molecular weight is 269 g/mol. The molecule has 3 aromatic rings. The van der Waals surface area contributed by atoms with Crippen LogP contribution >= 0.6 is 0 Å². The third-order valence-corrected chi connectivity index (χ3v) is 3.08. The Hall–Kier alpha value is -2.70. The average Bonchev–Trinajstić information content (AvgIpc) is 3.13. The highest BCUT2D eigenvalue weighted by Gasteiger charge is 2.17. The highest BCUT2D eigenvalue weighted by molar-refractivity contribution is 5.46. The van der Waals surface area contributed by atoms with Crippen LogP contribution in [0.1, 0.15) is 11.7 Å². The second kappa shape index (κ2) is 5.12. The number of rotatable bonds is 4. The van der Waals surface area contributed by atoms with Crippen molar-refractivity contribution in [1.82, 2.24) is 29.5 Å². The van der Waals surface area contributed by atoms with Crippen LogP contribution in [0.4, 0.5) is 5.69 Å². The standard InChI is InChI=1S/C13H15N7/c1-18(2)12-5-3-11(4-6-12)13(19-9-14-7-16-19)20-10-15-8-17-20/h3-10,13H,1-2H3. The largest absolute Gasteiger partial charge is 0.378 e. The van der Waals surface area contributed by atoms with Crippen molar-refractivity contribution in [2.45, 2.75) is 6.17 Å². The SMILES string of the molecule is CN(C)c1ccc(C(n2cncn2)n2cncn2)cc1. The lowest BCUT2D eigenvalue weighted by Gasteiger charge is -2.19. The number of hydrogen-bond acceptors (Lipinski definition) is 5. The molecule has 7 nitrogen and oxygen atoms in total. The van der Waals surface area contributed by atoms with Gasteiger partial charge >= 0.3 is 0 Å². The predicted octanol–water partition coefficient (Wildman–Crippen LogP) is 1.03. The highest BCUT2D eigenvalue weighted by Crippen LogP contribution is 2.21. The minimum absolute atomic E-state index is 0.184. The Morgan fingerprint density at radius 3 is 1.85 bits per heavy atom. The second-order valence-corrected chi connectivity index (χ2v) is 4.61. The Balaban J connectivity index is 2.02. The van der Waals surface area contributed by atoms with Crippen molar-refractivity contribution in [2.75, 3.05) is 19.0 Å². The summed E-state index contributed by atoms with van der Waals surface area (Å²) >= 11 is 0. The summed E-state index contributed by atoms with van der Waals surface area (Å²) < 4.78 is 3.50. The zero-order chi connectivity index (χ0) is 13.9. The molecule has 0 bridgehead atoms. The van der Waals surface area contributed by atoms with Crippen molar-refractivity contribution in [1.29, 1.82) is 0 Å². The van der Waals surface area contributed by atoms with Crippen LogP contribution in [0.25, 0.3) is 0 Å². The van der Waals surface area contributed by atoms with E-state index in [9.17, 15) is 0 Å². The maximum Gasteiger partial charge on any atom is 0.172 e. The summed E-state index contributed by atoms with van der Waals surface area (Å²) in [6.45, 7) is 0. The molecule has 0 aliphatic rings. The van der Waals surface area contributed by atoms with Gasteiger partial charge in [0.25, 0.3) is 0 Å². The highest BCUT2D eigenvalue weighted by atomic mass is 15.5. The van der Waals surface area contributed by atoms with Crippen molar-refractivity contribution in [3.8, 4) is 0 Å². The Bertz CT molecular complexity index is 606. The van der Waals surface area contributed by atoms with Gasteiger partial charge in [-0.05, 0) is 17.7 Å². The Labute approximate surface area is 116 Å². The first kappa shape index (κ1) is 12.3. The molecule has 0 fully saturated rings. The number of benzene rings is 1. The molecule has 0 amide bonds. The van der Waals surface area contributed by atoms with Crippen LogP contribution in [0.3, 0.4) is 0 Å². The van der Waals surface area contributed by atoms with E-state index < -0.39 is 0 Å². The zero-order valence-electron chi connectivity index (χ0n) is 11.3. The maximum absolute atomic E-state index is 4.21. The molecule has 2 aromatic heterocycles. The molecule has 0 unspecified atom stereocenters. The fraction of sp³-hybridized carbons (Fsp3) is 0.231. The molecule has 102 valence electrons. The Morgan fingerprint density at radius 2 is 1.45 bits per heavy atom. The minimum atomic E-state index is -0.184. The summed E-state index contributed by atoms with van der Waals surface area (Å²) in [6.07, 6.45) is 6.19. The van der Waals surface area contributed by atoms with Gasteiger partial charge in [0.1, 0.15) is 25.3 Å². The van der Waals surface area contributed by atoms with E-state index in [0.717, 1.165) is 11.3 Å². The van der Waals surface area contributed by atoms with Crippen LogP contribution < -0.4 is 4.90 Å². The number of hydrogen-bond donors (Lipinski definition) is 0. The van der Waals surface area contributed by atoms with Gasteiger partial charge in [-0.2, -0.15) is 10.2 Å². The smallest absolute Gasteiger partial charge is 0.172 e. The maximum atomic E-state index is 4.21. The van der Waals surface area contributed by atoms with Gasteiger partial charge in [0.15, 0.2) is 6.17 Å². The first-order valence-corrected chi connectivity index (χ1v) is 6.21. The fourth-order valence-corrected chi connectivity index (χ4v) is 2.06. The summed E-state index contributed by atoms with van der Waals surface area (Å²) in [5.41, 5.74) is 2.20. The zero-order valence-corrected chi connectivity index (χ0v) is 11.3. The topological polar surface area (TPSA) is 64.7 Å². The van der Waals surface area contributed by atoms with E-state index in [1.807, 2.05) is 14.1 Å². The Kier molecular flexibility index (Phi) is 3.16. The van der Waals surface area contributed by atoms with E-state index in [1.54, 1.807) is 22.0 Å². The van der Waals surface area contributed by atoms with Gasteiger partial charge in [-0.15, -0.1) is 0 Å². The summed E-state index contributed by atoms with van der Waals surface area (Å²) in [6, 6.07) is 8.25. The molecule has 0 aliphatic heterocycles. The third kappa shape index (κ3) is 2.25. The van der Waals surface area contributed by atoms with Crippen LogP contribution in [0.2, 0.25) is 0 Å². The van der Waals surface area contributed by atoms with Crippen molar-refractivity contribution in [3.05, 3.63) is 55.1 Å². The first-order chi connectivity index (χ1) is 9.75. The van der Waals surface area contributed by atoms with Crippen molar-refractivity contribution in [2.24, 2.45) is 0 Å². The molecule has 1 aromatic carbocycles. The summed E-state index contributed by atoms with van der Waals surface area (Å²) in [5, 5.41) is 8.43. The first-order valence-electron chi connectivity index (χ1n) is 6.21. The third-order valence-electron chi connectivity index (χ3n) is 3.08. The Morgan fingerprint density at radius 1 is 0.900 bits per heavy atom. The quantitative estimate of drug-likeness (QED) is 0.708. The van der Waals surface area contributed by atoms with Gasteiger partial charge in [0.2, 0.25) is 0 Å². The lowest BCUT2D eigenvalue weighted by molar-refractivity contribution is 0.417. The van der Waals surface area contributed by atoms with Crippen LogP contribution in [-0.4, -0.2) is 43.6 Å². The van der Waals surface area contributed by atoms with Gasteiger partial charge in [0.05, 0.1) is 0 Å². The van der Waals surface area contributed by atoms with E-state index in [-0.39, 0.29) is 6.17 Å². The molecular formula is C13H15N7. The number of nitrogens with zero attached hydrogens (tertiary/aromatic N) is 7. The van der Waals surface area contributed by atoms with E-state index >= 15 is 0 Å². The van der Waals surface area contributed by atoms with E-state index in [2.05, 4.69) is 49.3 Å². The van der Waals surface area contributed by atoms with Crippen LogP contribution in [0.5, 0.6) is 0 Å². The predicted molar refractivity (Wildman–Crippen MR) is 74.4 cm³/mol. The van der Waals surface area contributed by atoms with Gasteiger partial charge in [-0.25, -0.2) is 19.3 Å². The molecular weight excluding hydrogens is 254 g/mol. The molecule has 0 saturated heterocycles. The minimum Gasteiger partial charge on any atom is -0.378 e. The van der Waals surface area contributed by atoms with Gasteiger partial charge in [0, 0.05) is 19.8 Å². The van der Waals surface area contributed by atoms with Crippen LogP contribution in [0, 0.1) is 0 Å². The summed E-state index contributed by atoms with van der Waals surface area (Å²) in [4.78, 5) is 10.1. The molecule has 0 N–H and O–H groups in total. The van der Waals surface area contributed by atoms with E-state index in [1.165, 1.54) is 12.7 Å². The van der Waals surface area contributed by atoms with E-state index in [0.29, 0.717) is 0 Å². The molecule has 0 spiro atoms. The van der Waals surface area contributed by atoms with Crippen LogP contribution in [-0.2, 0) is 0 Å². The summed E-state index contributed by atoms with van der Waals surface area (Å²) in [7, 11) is 4.03. The van der Waals surface area contributed by atoms with Gasteiger partial charge in [-0.1, -0.05) is 12.1 Å². The molecule has 20 heavy (non-hydrogen) atoms. The molecule has 0 saturated carbocycles. The second-order valence-electron chi connectivity index (χ2n) is 4.61. The monoisotopic (exact) mass is 269 g/mol. The molecule has 0 atom stereocenters. The van der Waals surface area contributed by atoms with Crippen molar-refractivity contribution >= 4 is 5.69 Å². The van der Waals surface area contributed by atoms with E-state index in [4.69, 9.17) is 0 Å². The van der Waals surface area contributed by atoms with Crippen LogP contribution in [0.15, 0.2) is 49.6 Å². The van der Waals surface area contributed by atoms with Crippen molar-refractivity contribution in [3.63, 3.8) is 0 Å². The van der Waals surface area contributed by atoms with Gasteiger partial charge in [-0.3, -0.25) is 0 Å².